The third-order valence-corrected chi connectivity index (χ3v) is 9.44. The van der Waals surface area contributed by atoms with E-state index in [0.717, 1.165) is 25.7 Å². The van der Waals surface area contributed by atoms with E-state index in [-0.39, 0.29) is 21.4 Å². The molecule has 5 rings (SSSR count). The highest BCUT2D eigenvalue weighted by atomic mass is 32.2. The van der Waals surface area contributed by atoms with Crippen LogP contribution in [0.2, 0.25) is 0 Å². The quantitative estimate of drug-likeness (QED) is 0.571. The molecule has 0 unspecified atom stereocenters. The van der Waals surface area contributed by atoms with Crippen LogP contribution in [0.1, 0.15) is 36.0 Å². The second-order valence-corrected chi connectivity index (χ2v) is 11.8. The Bertz CT molecular complexity index is 1460. The van der Waals surface area contributed by atoms with Crippen LogP contribution >= 0.6 is 0 Å². The Kier molecular flexibility index (Phi) is 5.38. The summed E-state index contributed by atoms with van der Waals surface area (Å²) in [5.74, 6) is -0.265. The molecule has 2 heterocycles. The maximum absolute atomic E-state index is 13.2. The zero-order valence-electron chi connectivity index (χ0n) is 17.7. The monoisotopic (exact) mass is 485 g/mol. The summed E-state index contributed by atoms with van der Waals surface area (Å²) >= 11 is 0. The smallest absolute Gasteiger partial charge is 0.262 e. The van der Waals surface area contributed by atoms with Crippen molar-refractivity contribution in [2.75, 3.05) is 23.1 Å². The summed E-state index contributed by atoms with van der Waals surface area (Å²) in [5.41, 5.74) is 1.26. The van der Waals surface area contributed by atoms with Crippen LogP contribution in [0.4, 0.5) is 11.4 Å². The average Bonchev–Trinajstić information content (AvgIpc) is 2.96. The van der Waals surface area contributed by atoms with Gasteiger partial charge in [-0.1, -0.05) is 25.0 Å². The van der Waals surface area contributed by atoms with Crippen LogP contribution in [-0.4, -0.2) is 40.1 Å². The van der Waals surface area contributed by atoms with Gasteiger partial charge in [-0.25, -0.2) is 16.8 Å². The van der Waals surface area contributed by atoms with E-state index in [2.05, 4.69) is 10.0 Å². The largest absolute Gasteiger partial charge is 0.321 e. The fourth-order valence-electron chi connectivity index (χ4n) is 4.43. The highest BCUT2D eigenvalue weighted by molar-refractivity contribution is 7.93. The van der Waals surface area contributed by atoms with Crippen molar-refractivity contribution in [1.29, 1.82) is 0 Å². The first kappa shape index (κ1) is 21.9. The molecule has 0 aromatic heterocycles. The number of sulfonamides is 2. The van der Waals surface area contributed by atoms with Gasteiger partial charge in [0.25, 0.3) is 15.9 Å². The number of hydrogen-bond acceptors (Lipinski definition) is 5. The standard InChI is InChI=1S/C23H23N3O5S2/c27-23-19-7-5-6-18-21(13-12-20(24-23)22(18)19)32(28,29)25-16-8-10-17(11-9-16)33(30,31)26-14-3-1-2-4-15-26/h5-13,25H,1-4,14-15H2,(H,24,27). The average molecular weight is 486 g/mol. The molecular weight excluding hydrogens is 462 g/mol. The number of benzene rings is 3. The highest BCUT2D eigenvalue weighted by Crippen LogP contribution is 2.37. The van der Waals surface area contributed by atoms with Crippen molar-refractivity contribution in [1.82, 2.24) is 4.31 Å². The van der Waals surface area contributed by atoms with Gasteiger partial charge in [0.05, 0.1) is 9.79 Å². The van der Waals surface area contributed by atoms with E-state index in [0.29, 0.717) is 35.1 Å². The maximum atomic E-state index is 13.2. The topological polar surface area (TPSA) is 113 Å². The number of carbonyl (C=O) groups excluding carboxylic acids is 1. The second kappa shape index (κ2) is 8.12. The second-order valence-electron chi connectivity index (χ2n) is 8.24. The maximum Gasteiger partial charge on any atom is 0.262 e. The molecule has 0 aliphatic carbocycles. The number of nitrogens with one attached hydrogen (secondary N) is 2. The van der Waals surface area contributed by atoms with Gasteiger partial charge in [-0.05, 0) is 55.3 Å². The third kappa shape index (κ3) is 3.88. The summed E-state index contributed by atoms with van der Waals surface area (Å²) in [4.78, 5) is 12.3. The van der Waals surface area contributed by atoms with Crippen LogP contribution in [-0.2, 0) is 20.0 Å². The van der Waals surface area contributed by atoms with Gasteiger partial charge in [-0.15, -0.1) is 0 Å². The van der Waals surface area contributed by atoms with Gasteiger partial charge in [-0.3, -0.25) is 9.52 Å². The molecule has 0 bridgehead atoms. The van der Waals surface area contributed by atoms with Gasteiger partial charge in [-0.2, -0.15) is 4.31 Å². The van der Waals surface area contributed by atoms with E-state index in [1.165, 1.54) is 34.6 Å². The lowest BCUT2D eigenvalue weighted by Crippen LogP contribution is -2.31. The fraction of sp³-hybridized carbons (Fsp3) is 0.261. The molecule has 1 fully saturated rings. The predicted molar refractivity (Wildman–Crippen MR) is 126 cm³/mol. The zero-order chi connectivity index (χ0) is 23.2. The van der Waals surface area contributed by atoms with Crippen LogP contribution in [0.5, 0.6) is 0 Å². The number of rotatable bonds is 5. The molecule has 33 heavy (non-hydrogen) atoms. The Labute approximate surface area is 192 Å². The van der Waals surface area contributed by atoms with Crippen molar-refractivity contribution in [3.63, 3.8) is 0 Å². The summed E-state index contributed by atoms with van der Waals surface area (Å²) in [6.07, 6.45) is 3.72. The lowest BCUT2D eigenvalue weighted by Gasteiger charge is -2.20. The van der Waals surface area contributed by atoms with E-state index < -0.39 is 20.0 Å². The van der Waals surface area contributed by atoms with Crippen LogP contribution in [0.15, 0.2) is 64.4 Å². The van der Waals surface area contributed by atoms with Gasteiger partial charge in [0.15, 0.2) is 0 Å². The Morgan fingerprint density at radius 1 is 0.818 bits per heavy atom. The Morgan fingerprint density at radius 3 is 2.21 bits per heavy atom. The van der Waals surface area contributed by atoms with Crippen LogP contribution in [0.25, 0.3) is 10.8 Å². The zero-order valence-corrected chi connectivity index (χ0v) is 19.4. The molecule has 1 saturated heterocycles. The normalized spacial score (nSPS) is 17.0. The molecule has 2 aliphatic rings. The minimum atomic E-state index is -3.99. The lowest BCUT2D eigenvalue weighted by atomic mass is 10.1. The van der Waals surface area contributed by atoms with Gasteiger partial charge in [0, 0.05) is 40.8 Å². The van der Waals surface area contributed by atoms with Crippen molar-refractivity contribution in [2.45, 2.75) is 35.5 Å². The van der Waals surface area contributed by atoms with Crippen molar-refractivity contribution in [3.8, 4) is 0 Å². The lowest BCUT2D eigenvalue weighted by molar-refractivity contribution is 0.103. The van der Waals surface area contributed by atoms with Gasteiger partial charge in [0.1, 0.15) is 0 Å². The molecular formula is C23H23N3O5S2. The van der Waals surface area contributed by atoms with Crippen LogP contribution < -0.4 is 10.0 Å². The molecule has 2 N–H and O–H groups in total. The predicted octanol–water partition coefficient (Wildman–Crippen LogP) is 3.77. The fourth-order valence-corrected chi connectivity index (χ4v) is 7.21. The summed E-state index contributed by atoms with van der Waals surface area (Å²) in [5, 5.41) is 3.75. The minimum Gasteiger partial charge on any atom is -0.321 e. The van der Waals surface area contributed by atoms with Gasteiger partial charge in [0.2, 0.25) is 10.0 Å². The molecule has 8 nitrogen and oxygen atoms in total. The van der Waals surface area contributed by atoms with Crippen molar-refractivity contribution >= 4 is 48.1 Å². The molecule has 0 saturated carbocycles. The molecule has 1 amide bonds. The first-order valence-corrected chi connectivity index (χ1v) is 13.7. The van der Waals surface area contributed by atoms with Crippen LogP contribution in [0.3, 0.4) is 0 Å². The number of hydrogen-bond donors (Lipinski definition) is 2. The molecule has 3 aromatic rings. The summed E-state index contributed by atoms with van der Waals surface area (Å²) in [6.45, 7) is 0.998. The first-order valence-electron chi connectivity index (χ1n) is 10.8. The molecule has 2 aliphatic heterocycles. The van der Waals surface area contributed by atoms with E-state index >= 15 is 0 Å². The number of carbonyl (C=O) groups is 1. The third-order valence-electron chi connectivity index (χ3n) is 6.09. The molecule has 3 aromatic carbocycles. The first-order chi connectivity index (χ1) is 15.8. The summed E-state index contributed by atoms with van der Waals surface area (Å²) < 4.78 is 56.3. The molecule has 10 heteroatoms. The van der Waals surface area contributed by atoms with E-state index in [1.54, 1.807) is 24.3 Å². The number of amides is 1. The van der Waals surface area contributed by atoms with E-state index in [1.807, 2.05) is 0 Å². The number of nitrogens with zero attached hydrogens (tertiary/aromatic N) is 1. The van der Waals surface area contributed by atoms with Crippen LogP contribution in [0, 0.1) is 0 Å². The van der Waals surface area contributed by atoms with Crippen molar-refractivity contribution in [3.05, 3.63) is 60.2 Å². The van der Waals surface area contributed by atoms with E-state index in [9.17, 15) is 21.6 Å². The molecule has 0 radical (unpaired) electrons. The molecule has 172 valence electrons. The summed E-state index contributed by atoms with van der Waals surface area (Å²) in [6, 6.07) is 13.7. The minimum absolute atomic E-state index is 0.0425. The van der Waals surface area contributed by atoms with E-state index in [4.69, 9.17) is 0 Å². The SMILES string of the molecule is O=C1Nc2ccc(S(=O)(=O)Nc3ccc(S(=O)(=O)N4CCCCCC4)cc3)c3cccc1c23. The van der Waals surface area contributed by atoms with Crippen molar-refractivity contribution in [2.24, 2.45) is 0 Å². The Balaban J connectivity index is 1.43. The Morgan fingerprint density at radius 2 is 1.52 bits per heavy atom. The number of anilines is 2. The Hall–Kier alpha value is -2.95. The highest BCUT2D eigenvalue weighted by Gasteiger charge is 2.27. The van der Waals surface area contributed by atoms with Gasteiger partial charge >= 0.3 is 0 Å². The molecule has 0 spiro atoms. The summed E-state index contributed by atoms with van der Waals surface area (Å²) in [7, 11) is -7.60. The van der Waals surface area contributed by atoms with Crippen molar-refractivity contribution < 1.29 is 21.6 Å². The van der Waals surface area contributed by atoms with Gasteiger partial charge < -0.3 is 5.32 Å². The molecule has 0 atom stereocenters.